The molecule has 108 valence electrons. The number of pyridine rings is 1. The van der Waals surface area contributed by atoms with E-state index in [4.69, 9.17) is 0 Å². The van der Waals surface area contributed by atoms with Crippen molar-refractivity contribution in [1.82, 2.24) is 10.3 Å². The molecule has 1 aromatic rings. The van der Waals surface area contributed by atoms with E-state index in [-0.39, 0.29) is 18.8 Å². The normalized spacial score (nSPS) is 14.5. The predicted octanol–water partition coefficient (Wildman–Crippen LogP) is 3.39. The van der Waals surface area contributed by atoms with Crippen LogP contribution in [0.4, 0.5) is 26.3 Å². The van der Waals surface area contributed by atoms with Crippen LogP contribution in [0.15, 0.2) is 18.3 Å². The minimum absolute atomic E-state index is 0.0153. The molecule has 0 spiro atoms. The number of rotatable bonds is 4. The topological polar surface area (TPSA) is 24.9 Å². The summed E-state index contributed by atoms with van der Waals surface area (Å²) in [6, 6.07) is 1.98. The zero-order valence-corrected chi connectivity index (χ0v) is 9.94. The maximum atomic E-state index is 12.2. The van der Waals surface area contributed by atoms with Gasteiger partial charge in [0.2, 0.25) is 0 Å². The van der Waals surface area contributed by atoms with E-state index in [1.807, 2.05) is 0 Å². The zero-order valence-electron chi connectivity index (χ0n) is 9.94. The molecule has 0 aliphatic carbocycles. The van der Waals surface area contributed by atoms with Crippen LogP contribution < -0.4 is 5.32 Å². The lowest BCUT2D eigenvalue weighted by molar-refractivity contribution is -0.168. The first-order valence-electron chi connectivity index (χ1n) is 5.40. The second-order valence-electron chi connectivity index (χ2n) is 4.11. The highest BCUT2D eigenvalue weighted by atomic mass is 19.4. The van der Waals surface area contributed by atoms with Crippen LogP contribution in [0.1, 0.15) is 18.2 Å². The van der Waals surface area contributed by atoms with Crippen molar-refractivity contribution < 1.29 is 26.3 Å². The van der Waals surface area contributed by atoms with Crippen molar-refractivity contribution >= 4 is 0 Å². The molecule has 0 aliphatic heterocycles. The minimum atomic E-state index is -4.47. The van der Waals surface area contributed by atoms with E-state index in [1.165, 1.54) is 0 Å². The van der Waals surface area contributed by atoms with E-state index in [2.05, 4.69) is 10.3 Å². The second kappa shape index (κ2) is 5.77. The van der Waals surface area contributed by atoms with Gasteiger partial charge in [-0.3, -0.25) is 4.98 Å². The first-order chi connectivity index (χ1) is 8.60. The van der Waals surface area contributed by atoms with Crippen LogP contribution in [-0.2, 0) is 12.7 Å². The van der Waals surface area contributed by atoms with Crippen LogP contribution in [-0.4, -0.2) is 17.7 Å². The number of aromatic nitrogens is 1. The van der Waals surface area contributed by atoms with Crippen LogP contribution in [0.3, 0.4) is 0 Å². The summed E-state index contributed by atoms with van der Waals surface area (Å²) in [6.45, 7) is 0.692. The Morgan fingerprint density at radius 3 is 2.21 bits per heavy atom. The average molecular weight is 286 g/mol. The van der Waals surface area contributed by atoms with Gasteiger partial charge in [0.05, 0.1) is 17.2 Å². The van der Waals surface area contributed by atoms with Gasteiger partial charge < -0.3 is 5.32 Å². The number of hydrogen-bond donors (Lipinski definition) is 1. The third-order valence-corrected chi connectivity index (χ3v) is 2.47. The molecule has 1 heterocycles. The summed E-state index contributed by atoms with van der Waals surface area (Å²) >= 11 is 0. The Balaban J connectivity index is 2.47. The second-order valence-corrected chi connectivity index (χ2v) is 4.11. The molecule has 0 saturated heterocycles. The Hall–Kier alpha value is -1.31. The maximum absolute atomic E-state index is 12.2. The van der Waals surface area contributed by atoms with Gasteiger partial charge in [-0.05, 0) is 12.1 Å². The number of nitrogens with zero attached hydrogens (tertiary/aromatic N) is 1. The lowest BCUT2D eigenvalue weighted by Crippen LogP contribution is -2.31. The molecular weight excluding hydrogens is 274 g/mol. The summed E-state index contributed by atoms with van der Waals surface area (Å²) in [5.41, 5.74) is -0.637. The fraction of sp³-hybridized carbons (Fsp3) is 0.545. The van der Waals surface area contributed by atoms with Crippen molar-refractivity contribution in [2.45, 2.75) is 25.8 Å². The number of nitrogens with one attached hydrogen (secondary N) is 1. The zero-order chi connectivity index (χ0) is 14.7. The van der Waals surface area contributed by atoms with Crippen LogP contribution in [0.5, 0.6) is 0 Å². The summed E-state index contributed by atoms with van der Waals surface area (Å²) < 4.78 is 73.2. The molecule has 0 fully saturated rings. The van der Waals surface area contributed by atoms with E-state index in [0.29, 0.717) is 6.20 Å². The number of alkyl halides is 6. The van der Waals surface area contributed by atoms with E-state index in [9.17, 15) is 26.3 Å². The first-order valence-corrected chi connectivity index (χ1v) is 5.40. The van der Waals surface area contributed by atoms with Gasteiger partial charge in [0, 0.05) is 19.3 Å². The molecule has 0 aromatic carbocycles. The number of halogens is 6. The molecule has 1 atom stereocenters. The van der Waals surface area contributed by atoms with Crippen LogP contribution in [0.25, 0.3) is 0 Å². The van der Waals surface area contributed by atoms with Crippen molar-refractivity contribution in [3.05, 3.63) is 29.6 Å². The van der Waals surface area contributed by atoms with Gasteiger partial charge in [-0.1, -0.05) is 6.92 Å². The number of hydrogen-bond acceptors (Lipinski definition) is 2. The minimum Gasteiger partial charge on any atom is -0.311 e. The van der Waals surface area contributed by atoms with Gasteiger partial charge in [-0.2, -0.15) is 26.3 Å². The summed E-state index contributed by atoms with van der Waals surface area (Å²) in [5, 5.41) is 2.50. The standard InChI is InChI=1S/C11H12F6N2/c1-7(10(12,13)14)4-18-6-9-3-2-8(5-19-9)11(15,16)17/h2-3,5,7,18H,4,6H2,1H3. The van der Waals surface area contributed by atoms with Crippen molar-refractivity contribution in [2.24, 2.45) is 5.92 Å². The van der Waals surface area contributed by atoms with Gasteiger partial charge >= 0.3 is 12.4 Å². The quantitative estimate of drug-likeness (QED) is 0.858. The summed E-state index contributed by atoms with van der Waals surface area (Å²) in [6.07, 6.45) is -8.10. The van der Waals surface area contributed by atoms with Gasteiger partial charge in [-0.15, -0.1) is 0 Å². The van der Waals surface area contributed by atoms with Crippen molar-refractivity contribution in [2.75, 3.05) is 6.54 Å². The Labute approximate surface area is 105 Å². The Morgan fingerprint density at radius 2 is 1.79 bits per heavy atom. The Kier molecular flexibility index (Phi) is 4.78. The van der Waals surface area contributed by atoms with E-state index in [0.717, 1.165) is 19.1 Å². The molecule has 2 nitrogen and oxygen atoms in total. The maximum Gasteiger partial charge on any atom is 0.417 e. The van der Waals surface area contributed by atoms with Gasteiger partial charge in [0.25, 0.3) is 0 Å². The van der Waals surface area contributed by atoms with Gasteiger partial charge in [0.15, 0.2) is 0 Å². The SMILES string of the molecule is CC(CNCc1ccc(C(F)(F)F)cn1)C(F)(F)F. The molecule has 8 heteroatoms. The molecule has 1 N–H and O–H groups in total. The lowest BCUT2D eigenvalue weighted by atomic mass is 10.1. The molecule has 0 amide bonds. The predicted molar refractivity (Wildman–Crippen MR) is 56.2 cm³/mol. The van der Waals surface area contributed by atoms with Crippen molar-refractivity contribution in [3.8, 4) is 0 Å². The highest BCUT2D eigenvalue weighted by Crippen LogP contribution is 2.28. The first kappa shape index (κ1) is 15.7. The monoisotopic (exact) mass is 286 g/mol. The Morgan fingerprint density at radius 1 is 1.16 bits per heavy atom. The smallest absolute Gasteiger partial charge is 0.311 e. The summed E-state index contributed by atoms with van der Waals surface area (Å²) in [5.74, 6) is -1.53. The van der Waals surface area contributed by atoms with Crippen molar-refractivity contribution in [1.29, 1.82) is 0 Å². The largest absolute Gasteiger partial charge is 0.417 e. The third kappa shape index (κ3) is 5.06. The van der Waals surface area contributed by atoms with Crippen molar-refractivity contribution in [3.63, 3.8) is 0 Å². The molecule has 0 bridgehead atoms. The highest BCUT2D eigenvalue weighted by Gasteiger charge is 2.35. The van der Waals surface area contributed by atoms with Gasteiger partial charge in [0.1, 0.15) is 0 Å². The Bertz CT molecular complexity index is 395. The average Bonchev–Trinajstić information content (AvgIpc) is 2.27. The summed E-state index contributed by atoms with van der Waals surface area (Å²) in [7, 11) is 0. The van der Waals surface area contributed by atoms with E-state index < -0.39 is 23.8 Å². The summed E-state index contributed by atoms with van der Waals surface area (Å²) in [4.78, 5) is 3.54. The molecule has 0 aliphatic rings. The fourth-order valence-corrected chi connectivity index (χ4v) is 1.23. The van der Waals surface area contributed by atoms with Gasteiger partial charge in [-0.25, -0.2) is 0 Å². The fourth-order valence-electron chi connectivity index (χ4n) is 1.23. The molecule has 1 aromatic heterocycles. The molecular formula is C11H12F6N2. The van der Waals surface area contributed by atoms with Crippen LogP contribution >= 0.6 is 0 Å². The lowest BCUT2D eigenvalue weighted by Gasteiger charge is -2.15. The van der Waals surface area contributed by atoms with Crippen LogP contribution in [0, 0.1) is 5.92 Å². The molecule has 0 saturated carbocycles. The van der Waals surface area contributed by atoms with E-state index >= 15 is 0 Å². The third-order valence-electron chi connectivity index (χ3n) is 2.47. The molecule has 0 radical (unpaired) electrons. The molecule has 19 heavy (non-hydrogen) atoms. The highest BCUT2D eigenvalue weighted by molar-refractivity contribution is 5.16. The molecule has 1 rings (SSSR count). The van der Waals surface area contributed by atoms with Crippen LogP contribution in [0.2, 0.25) is 0 Å². The van der Waals surface area contributed by atoms with E-state index in [1.54, 1.807) is 0 Å². The molecule has 1 unspecified atom stereocenters.